The molecule has 8 heteroatoms. The second kappa shape index (κ2) is 6.86. The fraction of sp³-hybridized carbons (Fsp3) is 0.400. The normalized spacial score (nSPS) is 19.8. The SMILES string of the molecule is CC1(C)CC(=O)Nc2ccc(S(=O)(=O)N3CCN(c4ccccn4)CC3)cc21. The summed E-state index contributed by atoms with van der Waals surface area (Å²) in [6.45, 7) is 5.96. The molecule has 7 nitrogen and oxygen atoms in total. The van der Waals surface area contributed by atoms with E-state index >= 15 is 0 Å². The molecule has 1 amide bonds. The number of carbonyl (C=O) groups is 1. The van der Waals surface area contributed by atoms with Crippen LogP contribution < -0.4 is 10.2 Å². The highest BCUT2D eigenvalue weighted by atomic mass is 32.2. The average Bonchev–Trinajstić information content (AvgIpc) is 2.68. The zero-order valence-electron chi connectivity index (χ0n) is 16.1. The van der Waals surface area contributed by atoms with Crippen molar-refractivity contribution < 1.29 is 13.2 Å². The molecule has 1 saturated heterocycles. The lowest BCUT2D eigenvalue weighted by Crippen LogP contribution is -2.49. The zero-order chi connectivity index (χ0) is 19.9. The topological polar surface area (TPSA) is 82.6 Å². The van der Waals surface area contributed by atoms with E-state index in [0.717, 1.165) is 11.4 Å². The summed E-state index contributed by atoms with van der Waals surface area (Å²) in [6, 6.07) is 10.7. The van der Waals surface area contributed by atoms with Crippen molar-refractivity contribution in [2.24, 2.45) is 0 Å². The Bertz CT molecular complexity index is 997. The molecule has 0 bridgehead atoms. The first-order valence-electron chi connectivity index (χ1n) is 9.38. The summed E-state index contributed by atoms with van der Waals surface area (Å²) in [4.78, 5) is 18.6. The third-order valence-corrected chi connectivity index (χ3v) is 7.34. The molecule has 28 heavy (non-hydrogen) atoms. The number of piperazine rings is 1. The quantitative estimate of drug-likeness (QED) is 0.854. The second-order valence-electron chi connectivity index (χ2n) is 7.90. The molecule has 1 fully saturated rings. The van der Waals surface area contributed by atoms with E-state index in [-0.39, 0.29) is 10.8 Å². The van der Waals surface area contributed by atoms with E-state index in [1.807, 2.05) is 32.0 Å². The Morgan fingerprint density at radius 3 is 2.50 bits per heavy atom. The summed E-state index contributed by atoms with van der Waals surface area (Å²) in [7, 11) is -3.59. The summed E-state index contributed by atoms with van der Waals surface area (Å²) >= 11 is 0. The maximum atomic E-state index is 13.2. The molecule has 2 aromatic rings. The average molecular weight is 401 g/mol. The van der Waals surface area contributed by atoms with Gasteiger partial charge >= 0.3 is 0 Å². The highest BCUT2D eigenvalue weighted by Gasteiger charge is 2.35. The van der Waals surface area contributed by atoms with Crippen molar-refractivity contribution in [3.8, 4) is 0 Å². The number of hydrogen-bond donors (Lipinski definition) is 1. The lowest BCUT2D eigenvalue weighted by atomic mass is 9.78. The van der Waals surface area contributed by atoms with Gasteiger partial charge in [-0.2, -0.15) is 4.31 Å². The van der Waals surface area contributed by atoms with Gasteiger partial charge in [0.05, 0.1) is 4.90 Å². The third kappa shape index (κ3) is 3.38. The summed E-state index contributed by atoms with van der Waals surface area (Å²) in [5, 5.41) is 2.84. The number of benzene rings is 1. The predicted molar refractivity (Wildman–Crippen MR) is 108 cm³/mol. The van der Waals surface area contributed by atoms with Crippen LogP contribution in [-0.4, -0.2) is 49.8 Å². The minimum absolute atomic E-state index is 0.0428. The molecular formula is C20H24N4O3S. The molecule has 0 aliphatic carbocycles. The van der Waals surface area contributed by atoms with Crippen LogP contribution in [0, 0.1) is 0 Å². The second-order valence-corrected chi connectivity index (χ2v) is 9.83. The number of aromatic nitrogens is 1. The molecule has 148 valence electrons. The highest BCUT2D eigenvalue weighted by Crippen LogP contribution is 2.38. The van der Waals surface area contributed by atoms with Crippen molar-refractivity contribution in [2.75, 3.05) is 36.4 Å². The smallest absolute Gasteiger partial charge is 0.243 e. The van der Waals surface area contributed by atoms with Crippen molar-refractivity contribution in [2.45, 2.75) is 30.6 Å². The van der Waals surface area contributed by atoms with E-state index < -0.39 is 15.4 Å². The molecule has 4 rings (SSSR count). The van der Waals surface area contributed by atoms with Gasteiger partial charge in [-0.25, -0.2) is 13.4 Å². The lowest BCUT2D eigenvalue weighted by molar-refractivity contribution is -0.117. The Morgan fingerprint density at radius 1 is 1.07 bits per heavy atom. The van der Waals surface area contributed by atoms with Gasteiger partial charge < -0.3 is 10.2 Å². The van der Waals surface area contributed by atoms with E-state index in [1.165, 1.54) is 4.31 Å². The van der Waals surface area contributed by atoms with Gasteiger partial charge in [0.25, 0.3) is 0 Å². The molecule has 1 aromatic carbocycles. The van der Waals surface area contributed by atoms with E-state index in [2.05, 4.69) is 15.2 Å². The predicted octanol–water partition coefficient (Wildman–Crippen LogP) is 2.21. The van der Waals surface area contributed by atoms with Crippen LogP contribution in [0.1, 0.15) is 25.8 Å². The molecule has 1 aromatic heterocycles. The largest absolute Gasteiger partial charge is 0.354 e. The molecule has 0 unspecified atom stereocenters. The number of hydrogen-bond acceptors (Lipinski definition) is 5. The molecule has 0 spiro atoms. The maximum absolute atomic E-state index is 13.2. The standard InChI is InChI=1S/C20H24N4O3S/c1-20(2)14-19(25)22-17-7-6-15(13-16(17)20)28(26,27)24-11-9-23(10-12-24)18-5-3-4-8-21-18/h3-8,13H,9-12,14H2,1-2H3,(H,22,25). The van der Waals surface area contributed by atoms with Crippen LogP contribution in [0.3, 0.4) is 0 Å². The van der Waals surface area contributed by atoms with Gasteiger partial charge in [-0.1, -0.05) is 19.9 Å². The van der Waals surface area contributed by atoms with Crippen molar-refractivity contribution in [3.63, 3.8) is 0 Å². The van der Waals surface area contributed by atoms with Gasteiger partial charge in [0.2, 0.25) is 15.9 Å². The van der Waals surface area contributed by atoms with Crippen LogP contribution in [0.15, 0.2) is 47.5 Å². The molecule has 0 saturated carbocycles. The van der Waals surface area contributed by atoms with Gasteiger partial charge in [0, 0.05) is 49.9 Å². The number of rotatable bonds is 3. The van der Waals surface area contributed by atoms with Crippen molar-refractivity contribution in [1.82, 2.24) is 9.29 Å². The van der Waals surface area contributed by atoms with Crippen molar-refractivity contribution in [3.05, 3.63) is 48.2 Å². The number of pyridine rings is 1. The summed E-state index contributed by atoms with van der Waals surface area (Å²) in [5.41, 5.74) is 1.15. The molecule has 1 N–H and O–H groups in total. The first kappa shape index (κ1) is 18.9. The molecule has 0 radical (unpaired) electrons. The maximum Gasteiger partial charge on any atom is 0.243 e. The zero-order valence-corrected chi connectivity index (χ0v) is 16.9. The van der Waals surface area contributed by atoms with E-state index in [0.29, 0.717) is 38.3 Å². The number of sulfonamides is 1. The number of amides is 1. The van der Waals surface area contributed by atoms with Crippen molar-refractivity contribution in [1.29, 1.82) is 0 Å². The van der Waals surface area contributed by atoms with E-state index in [9.17, 15) is 13.2 Å². The lowest BCUT2D eigenvalue weighted by Gasteiger charge is -2.35. The monoisotopic (exact) mass is 400 g/mol. The number of nitrogens with one attached hydrogen (secondary N) is 1. The highest BCUT2D eigenvalue weighted by molar-refractivity contribution is 7.89. The van der Waals surface area contributed by atoms with Crippen LogP contribution in [-0.2, 0) is 20.2 Å². The van der Waals surface area contributed by atoms with Crippen LogP contribution in [0.5, 0.6) is 0 Å². The van der Waals surface area contributed by atoms with Crippen LogP contribution in [0.25, 0.3) is 0 Å². The first-order chi connectivity index (χ1) is 13.3. The Labute approximate surface area is 165 Å². The summed E-state index contributed by atoms with van der Waals surface area (Å²) < 4.78 is 27.9. The molecule has 0 atom stereocenters. The van der Waals surface area contributed by atoms with Gasteiger partial charge in [0.1, 0.15) is 5.82 Å². The van der Waals surface area contributed by atoms with Gasteiger partial charge in [-0.3, -0.25) is 4.79 Å². The molecule has 2 aliphatic heterocycles. The third-order valence-electron chi connectivity index (χ3n) is 5.45. The Kier molecular flexibility index (Phi) is 4.63. The van der Waals surface area contributed by atoms with Gasteiger partial charge in [-0.05, 0) is 35.9 Å². The number of carbonyl (C=O) groups excluding carboxylic acids is 1. The molecule has 2 aliphatic rings. The fourth-order valence-corrected chi connectivity index (χ4v) is 5.34. The Hall–Kier alpha value is -2.45. The van der Waals surface area contributed by atoms with Crippen molar-refractivity contribution >= 4 is 27.4 Å². The minimum atomic E-state index is -3.59. The van der Waals surface area contributed by atoms with E-state index in [1.54, 1.807) is 24.4 Å². The summed E-state index contributed by atoms with van der Waals surface area (Å²) in [5.74, 6) is 0.824. The summed E-state index contributed by atoms with van der Waals surface area (Å²) in [6.07, 6.45) is 2.08. The number of nitrogens with zero attached hydrogens (tertiary/aromatic N) is 3. The molecule has 3 heterocycles. The minimum Gasteiger partial charge on any atom is -0.354 e. The van der Waals surface area contributed by atoms with E-state index in [4.69, 9.17) is 0 Å². The van der Waals surface area contributed by atoms with Gasteiger partial charge in [0.15, 0.2) is 0 Å². The Balaban J connectivity index is 1.56. The number of anilines is 2. The fourth-order valence-electron chi connectivity index (χ4n) is 3.89. The van der Waals surface area contributed by atoms with Crippen LogP contribution in [0.4, 0.5) is 11.5 Å². The number of fused-ring (bicyclic) bond motifs is 1. The van der Waals surface area contributed by atoms with Crippen LogP contribution >= 0.6 is 0 Å². The Morgan fingerprint density at radius 2 is 1.82 bits per heavy atom. The first-order valence-corrected chi connectivity index (χ1v) is 10.8. The molecular weight excluding hydrogens is 376 g/mol. The van der Waals surface area contributed by atoms with Gasteiger partial charge in [-0.15, -0.1) is 0 Å². The van der Waals surface area contributed by atoms with Crippen LogP contribution in [0.2, 0.25) is 0 Å².